The van der Waals surface area contributed by atoms with Crippen molar-refractivity contribution in [2.45, 2.75) is 13.2 Å². The summed E-state index contributed by atoms with van der Waals surface area (Å²) < 4.78 is 50.7. The Balaban J connectivity index is 1.65. The molecule has 0 aliphatic rings. The van der Waals surface area contributed by atoms with Crippen LogP contribution in [0, 0.1) is 11.6 Å². The van der Waals surface area contributed by atoms with Gasteiger partial charge in [-0.15, -0.1) is 0 Å². The van der Waals surface area contributed by atoms with Crippen LogP contribution in [0.25, 0.3) is 0 Å². The molecular weight excluding hydrogens is 400 g/mol. The van der Waals surface area contributed by atoms with Gasteiger partial charge in [0.25, 0.3) is 0 Å². The average Bonchev–Trinajstić information content (AvgIpc) is 3.20. The predicted molar refractivity (Wildman–Crippen MR) is 103 cm³/mol. The van der Waals surface area contributed by atoms with Gasteiger partial charge in [0.15, 0.2) is 28.9 Å². The highest BCUT2D eigenvalue weighted by molar-refractivity contribution is 5.50. The molecule has 9 nitrogen and oxygen atoms in total. The molecule has 0 spiro atoms. The first-order valence-electron chi connectivity index (χ1n) is 8.87. The molecule has 0 bridgehead atoms. The molecule has 0 aliphatic carbocycles. The van der Waals surface area contributed by atoms with Crippen molar-refractivity contribution >= 4 is 11.6 Å². The Morgan fingerprint density at radius 2 is 1.67 bits per heavy atom. The Hall–Kier alpha value is -3.47. The summed E-state index contributed by atoms with van der Waals surface area (Å²) in [5.74, 6) is -1.46. The number of nitrogens with one attached hydrogen (secondary N) is 1. The van der Waals surface area contributed by atoms with Gasteiger partial charge in [-0.25, -0.2) is 18.7 Å². The van der Waals surface area contributed by atoms with Crippen molar-refractivity contribution in [1.29, 1.82) is 0 Å². The number of rotatable bonds is 10. The van der Waals surface area contributed by atoms with Crippen molar-refractivity contribution in [3.63, 3.8) is 0 Å². The maximum Gasteiger partial charge on any atom is 0.227 e. The van der Waals surface area contributed by atoms with Crippen LogP contribution in [0.15, 0.2) is 30.9 Å². The van der Waals surface area contributed by atoms with E-state index in [0.717, 1.165) is 6.07 Å². The third kappa shape index (κ3) is 4.92. The number of anilines is 2. The van der Waals surface area contributed by atoms with Gasteiger partial charge in [-0.05, 0) is 0 Å². The van der Waals surface area contributed by atoms with E-state index < -0.39 is 18.2 Å². The van der Waals surface area contributed by atoms with E-state index in [2.05, 4.69) is 20.4 Å². The zero-order valence-electron chi connectivity index (χ0n) is 16.7. The minimum atomic E-state index is -0.861. The number of hydrogen-bond donors (Lipinski definition) is 1. The summed E-state index contributed by atoms with van der Waals surface area (Å²) in [6.45, 7) is 0.769. The third-order valence-corrected chi connectivity index (χ3v) is 4.09. The highest BCUT2D eigenvalue weighted by Crippen LogP contribution is 2.31. The number of aromatic nitrogens is 4. The normalized spacial score (nSPS) is 10.7. The van der Waals surface area contributed by atoms with Crippen LogP contribution in [0.2, 0.25) is 0 Å². The number of benzene rings is 1. The first-order valence-corrected chi connectivity index (χ1v) is 8.87. The van der Waals surface area contributed by atoms with Crippen molar-refractivity contribution in [2.75, 3.05) is 33.3 Å². The largest absolute Gasteiger partial charge is 0.494 e. The molecule has 0 amide bonds. The van der Waals surface area contributed by atoms with Crippen LogP contribution < -0.4 is 19.5 Å². The summed E-state index contributed by atoms with van der Waals surface area (Å²) in [4.78, 5) is 8.25. The molecule has 0 radical (unpaired) electrons. The summed E-state index contributed by atoms with van der Waals surface area (Å²) in [6.07, 6.45) is 6.19. The van der Waals surface area contributed by atoms with Crippen molar-refractivity contribution in [3.05, 3.63) is 48.1 Å². The molecule has 11 heteroatoms. The second kappa shape index (κ2) is 9.83. The van der Waals surface area contributed by atoms with E-state index >= 15 is 0 Å². The maximum atomic E-state index is 14.4. The van der Waals surface area contributed by atoms with Gasteiger partial charge < -0.3 is 24.3 Å². The molecule has 0 fully saturated rings. The van der Waals surface area contributed by atoms with Crippen molar-refractivity contribution in [1.82, 2.24) is 19.7 Å². The lowest BCUT2D eigenvalue weighted by molar-refractivity contribution is 0.183. The van der Waals surface area contributed by atoms with E-state index in [-0.39, 0.29) is 22.8 Å². The molecule has 0 atom stereocenters. The van der Waals surface area contributed by atoms with Crippen LogP contribution in [0.5, 0.6) is 17.2 Å². The fourth-order valence-electron chi connectivity index (χ4n) is 2.54. The minimum absolute atomic E-state index is 0.145. The van der Waals surface area contributed by atoms with E-state index in [1.165, 1.54) is 26.6 Å². The second-order valence-corrected chi connectivity index (χ2v) is 6.03. The lowest BCUT2D eigenvalue weighted by Gasteiger charge is -2.13. The molecule has 30 heavy (non-hydrogen) atoms. The molecule has 0 saturated heterocycles. The van der Waals surface area contributed by atoms with E-state index in [1.54, 1.807) is 24.2 Å². The highest BCUT2D eigenvalue weighted by Gasteiger charge is 2.20. The summed E-state index contributed by atoms with van der Waals surface area (Å²) in [6, 6.07) is 1.13. The minimum Gasteiger partial charge on any atom is -0.494 e. The molecule has 0 unspecified atom stereocenters. The first-order chi connectivity index (χ1) is 14.5. The first kappa shape index (κ1) is 21.2. The Morgan fingerprint density at radius 3 is 2.27 bits per heavy atom. The molecule has 2 heterocycles. The van der Waals surface area contributed by atoms with Crippen molar-refractivity contribution in [2.24, 2.45) is 0 Å². The van der Waals surface area contributed by atoms with Gasteiger partial charge in [0.2, 0.25) is 5.95 Å². The molecule has 1 aromatic carbocycles. The lowest BCUT2D eigenvalue weighted by Crippen LogP contribution is -2.06. The summed E-state index contributed by atoms with van der Waals surface area (Å²) >= 11 is 0. The molecule has 1 N–H and O–H groups in total. The monoisotopic (exact) mass is 421 g/mol. The van der Waals surface area contributed by atoms with E-state index in [4.69, 9.17) is 18.9 Å². The molecule has 160 valence electrons. The predicted octanol–water partition coefficient (Wildman–Crippen LogP) is 2.94. The molecule has 3 aromatic rings. The summed E-state index contributed by atoms with van der Waals surface area (Å²) in [7, 11) is 4.18. The van der Waals surface area contributed by atoms with Crippen molar-refractivity contribution in [3.8, 4) is 17.2 Å². The van der Waals surface area contributed by atoms with E-state index in [9.17, 15) is 8.78 Å². The van der Waals surface area contributed by atoms with Gasteiger partial charge in [-0.2, -0.15) is 5.10 Å². The van der Waals surface area contributed by atoms with E-state index in [0.29, 0.717) is 24.8 Å². The summed E-state index contributed by atoms with van der Waals surface area (Å²) in [5.41, 5.74) is 0.379. The zero-order valence-corrected chi connectivity index (χ0v) is 16.7. The SMILES string of the molecule is COCCn1cc(Nc2ncc(OCc3c(F)c(OC)cc(OC)c3F)cn2)cn1. The Bertz CT molecular complexity index is 954. The van der Waals surface area contributed by atoms with Crippen LogP contribution >= 0.6 is 0 Å². The Labute approximate surface area is 171 Å². The quantitative estimate of drug-likeness (QED) is 0.534. The number of hydrogen-bond acceptors (Lipinski definition) is 8. The van der Waals surface area contributed by atoms with Crippen molar-refractivity contribution < 1.29 is 27.7 Å². The Morgan fingerprint density at radius 1 is 1.00 bits per heavy atom. The number of halogens is 2. The summed E-state index contributed by atoms with van der Waals surface area (Å²) in [5, 5.41) is 7.17. The number of ether oxygens (including phenoxy) is 4. The molecular formula is C19H21F2N5O4. The van der Waals surface area contributed by atoms with Gasteiger partial charge >= 0.3 is 0 Å². The van der Waals surface area contributed by atoms with E-state index in [1.807, 2.05) is 0 Å². The van der Waals surface area contributed by atoms with Gasteiger partial charge in [0.05, 0.1) is 57.2 Å². The topological polar surface area (TPSA) is 92.6 Å². The van der Waals surface area contributed by atoms with Crippen LogP contribution in [-0.4, -0.2) is 47.7 Å². The van der Waals surface area contributed by atoms with Crippen LogP contribution in [-0.2, 0) is 17.9 Å². The molecule has 0 aliphatic heterocycles. The highest BCUT2D eigenvalue weighted by atomic mass is 19.1. The fraction of sp³-hybridized carbons (Fsp3) is 0.316. The zero-order chi connectivity index (χ0) is 21.5. The smallest absolute Gasteiger partial charge is 0.227 e. The second-order valence-electron chi connectivity index (χ2n) is 6.03. The van der Waals surface area contributed by atoms with Crippen LogP contribution in [0.3, 0.4) is 0 Å². The van der Waals surface area contributed by atoms with Crippen LogP contribution in [0.4, 0.5) is 20.4 Å². The van der Waals surface area contributed by atoms with Gasteiger partial charge in [0.1, 0.15) is 6.61 Å². The van der Waals surface area contributed by atoms with Gasteiger partial charge in [0, 0.05) is 19.4 Å². The standard InChI is InChI=1S/C19H21F2N5O4/c1-27-5-4-26-10-12(7-24-26)25-19-22-8-13(9-23-19)30-11-14-17(20)15(28-2)6-16(29-3)18(14)21/h6-10H,4-5,11H2,1-3H3,(H,22,23,25). The molecule has 0 saturated carbocycles. The maximum absolute atomic E-state index is 14.4. The molecule has 3 rings (SSSR count). The lowest BCUT2D eigenvalue weighted by atomic mass is 10.1. The van der Waals surface area contributed by atoms with Crippen LogP contribution in [0.1, 0.15) is 5.56 Å². The van der Waals surface area contributed by atoms with Gasteiger partial charge in [-0.3, -0.25) is 4.68 Å². The third-order valence-electron chi connectivity index (χ3n) is 4.09. The average molecular weight is 421 g/mol. The fourth-order valence-corrected chi connectivity index (χ4v) is 2.54. The Kier molecular flexibility index (Phi) is 6.96. The molecule has 2 aromatic heterocycles. The number of methoxy groups -OCH3 is 3. The van der Waals surface area contributed by atoms with Gasteiger partial charge in [-0.1, -0.05) is 0 Å². The number of nitrogens with zero attached hydrogens (tertiary/aromatic N) is 4.